The van der Waals surface area contributed by atoms with Crippen LogP contribution in [0, 0.1) is 11.8 Å². The predicted octanol–water partition coefficient (Wildman–Crippen LogP) is 2.61. The van der Waals surface area contributed by atoms with Gasteiger partial charge >= 0.3 is 0 Å². The van der Waals surface area contributed by atoms with Gasteiger partial charge < -0.3 is 11.1 Å². The quantitative estimate of drug-likeness (QED) is 0.566. The highest BCUT2D eigenvalue weighted by molar-refractivity contribution is 5.78. The zero-order valence-corrected chi connectivity index (χ0v) is 12.7. The minimum atomic E-state index is -0.242. The van der Waals surface area contributed by atoms with Crippen LogP contribution in [0.3, 0.4) is 0 Å². The fraction of sp³-hybridized carbons (Fsp3) is 0.867. The van der Waals surface area contributed by atoms with Crippen molar-refractivity contribution in [3.05, 3.63) is 0 Å². The normalized spacial score (nSPS) is 13.8. The molecular formula is C15H30N2O2. The zero-order chi connectivity index (χ0) is 14.7. The van der Waals surface area contributed by atoms with E-state index in [1.165, 1.54) is 12.8 Å². The Morgan fingerprint density at radius 3 is 2.16 bits per heavy atom. The summed E-state index contributed by atoms with van der Waals surface area (Å²) >= 11 is 0. The number of nitrogens with one attached hydrogen (secondary N) is 1. The van der Waals surface area contributed by atoms with E-state index in [-0.39, 0.29) is 23.7 Å². The van der Waals surface area contributed by atoms with Gasteiger partial charge in [-0.1, -0.05) is 46.5 Å². The summed E-state index contributed by atoms with van der Waals surface area (Å²) in [6.07, 6.45) is 7.12. The van der Waals surface area contributed by atoms with E-state index in [0.717, 1.165) is 32.1 Å². The van der Waals surface area contributed by atoms with Crippen molar-refractivity contribution >= 4 is 11.8 Å². The number of unbranched alkanes of at least 4 members (excludes halogenated alkanes) is 3. The van der Waals surface area contributed by atoms with Crippen LogP contribution in [-0.4, -0.2) is 18.4 Å². The van der Waals surface area contributed by atoms with E-state index in [9.17, 15) is 9.59 Å². The number of carbonyl (C=O) groups is 2. The second kappa shape index (κ2) is 10.8. The third-order valence-corrected chi connectivity index (χ3v) is 3.54. The highest BCUT2D eigenvalue weighted by atomic mass is 16.2. The molecule has 112 valence electrons. The van der Waals surface area contributed by atoms with Gasteiger partial charge in [0, 0.05) is 18.4 Å². The SMILES string of the molecule is CCCCCC(C)C(=O)NCCCCC(C)C(N)=O. The number of nitrogens with two attached hydrogens (primary N) is 1. The Labute approximate surface area is 117 Å². The molecule has 4 nitrogen and oxygen atoms in total. The number of primary amides is 1. The van der Waals surface area contributed by atoms with Crippen LogP contribution >= 0.6 is 0 Å². The number of hydrogen-bond acceptors (Lipinski definition) is 2. The predicted molar refractivity (Wildman–Crippen MR) is 78.5 cm³/mol. The summed E-state index contributed by atoms with van der Waals surface area (Å²) in [5.74, 6) is -0.0487. The molecule has 19 heavy (non-hydrogen) atoms. The van der Waals surface area contributed by atoms with E-state index in [4.69, 9.17) is 5.73 Å². The summed E-state index contributed by atoms with van der Waals surface area (Å²) in [6, 6.07) is 0. The molecule has 0 heterocycles. The van der Waals surface area contributed by atoms with E-state index in [2.05, 4.69) is 12.2 Å². The summed E-state index contributed by atoms with van der Waals surface area (Å²) in [5, 5.41) is 2.96. The van der Waals surface area contributed by atoms with Crippen molar-refractivity contribution in [2.24, 2.45) is 17.6 Å². The van der Waals surface area contributed by atoms with Gasteiger partial charge in [-0.25, -0.2) is 0 Å². The van der Waals surface area contributed by atoms with E-state index in [1.807, 2.05) is 13.8 Å². The van der Waals surface area contributed by atoms with Crippen LogP contribution in [0.4, 0.5) is 0 Å². The van der Waals surface area contributed by atoms with Gasteiger partial charge in [-0.15, -0.1) is 0 Å². The standard InChI is InChI=1S/C15H30N2O2/c1-4-5-6-10-13(3)15(19)17-11-8-7-9-12(2)14(16)18/h12-13H,4-11H2,1-3H3,(H2,16,18)(H,17,19). The Morgan fingerprint density at radius 2 is 1.58 bits per heavy atom. The molecule has 0 saturated heterocycles. The van der Waals surface area contributed by atoms with Gasteiger partial charge in [0.05, 0.1) is 0 Å². The van der Waals surface area contributed by atoms with Crippen molar-refractivity contribution in [2.75, 3.05) is 6.54 Å². The lowest BCUT2D eigenvalue weighted by Crippen LogP contribution is -2.30. The van der Waals surface area contributed by atoms with Crippen molar-refractivity contribution in [3.8, 4) is 0 Å². The number of rotatable bonds is 11. The van der Waals surface area contributed by atoms with Crippen molar-refractivity contribution in [1.29, 1.82) is 0 Å². The zero-order valence-electron chi connectivity index (χ0n) is 12.7. The Morgan fingerprint density at radius 1 is 1.00 bits per heavy atom. The van der Waals surface area contributed by atoms with E-state index >= 15 is 0 Å². The largest absolute Gasteiger partial charge is 0.369 e. The third kappa shape index (κ3) is 9.51. The Balaban J connectivity index is 3.54. The highest BCUT2D eigenvalue weighted by Gasteiger charge is 2.12. The Kier molecular flexibility index (Phi) is 10.2. The number of hydrogen-bond donors (Lipinski definition) is 2. The maximum atomic E-state index is 11.8. The highest BCUT2D eigenvalue weighted by Crippen LogP contribution is 2.10. The molecular weight excluding hydrogens is 240 g/mol. The molecule has 0 aromatic rings. The van der Waals surface area contributed by atoms with Crippen molar-refractivity contribution < 1.29 is 9.59 Å². The molecule has 0 saturated carbocycles. The molecule has 0 bridgehead atoms. The molecule has 0 radical (unpaired) electrons. The first-order valence-corrected chi connectivity index (χ1v) is 7.56. The monoisotopic (exact) mass is 270 g/mol. The van der Waals surface area contributed by atoms with Crippen LogP contribution in [0.2, 0.25) is 0 Å². The molecule has 0 aliphatic rings. The lowest BCUT2D eigenvalue weighted by Gasteiger charge is -2.12. The van der Waals surface area contributed by atoms with Gasteiger partial charge in [0.25, 0.3) is 0 Å². The summed E-state index contributed by atoms with van der Waals surface area (Å²) in [6.45, 7) is 6.69. The second-order valence-electron chi connectivity index (χ2n) is 5.49. The first kappa shape index (κ1) is 17.9. The number of carbonyl (C=O) groups excluding carboxylic acids is 2. The molecule has 3 N–H and O–H groups in total. The van der Waals surface area contributed by atoms with Crippen LogP contribution in [0.1, 0.15) is 65.7 Å². The van der Waals surface area contributed by atoms with Gasteiger partial charge in [-0.3, -0.25) is 9.59 Å². The topological polar surface area (TPSA) is 72.2 Å². The smallest absolute Gasteiger partial charge is 0.222 e. The summed E-state index contributed by atoms with van der Waals surface area (Å²) < 4.78 is 0. The van der Waals surface area contributed by atoms with Crippen LogP contribution in [0.5, 0.6) is 0 Å². The van der Waals surface area contributed by atoms with Crippen LogP contribution in [0.25, 0.3) is 0 Å². The Bertz CT molecular complexity index is 267. The molecule has 0 aliphatic carbocycles. The van der Waals surface area contributed by atoms with Crippen molar-refractivity contribution in [3.63, 3.8) is 0 Å². The summed E-state index contributed by atoms with van der Waals surface area (Å²) in [7, 11) is 0. The van der Waals surface area contributed by atoms with Crippen molar-refractivity contribution in [1.82, 2.24) is 5.32 Å². The molecule has 0 aliphatic heterocycles. The van der Waals surface area contributed by atoms with E-state index < -0.39 is 0 Å². The third-order valence-electron chi connectivity index (χ3n) is 3.54. The van der Waals surface area contributed by atoms with E-state index in [0.29, 0.717) is 6.54 Å². The fourth-order valence-electron chi connectivity index (χ4n) is 1.94. The van der Waals surface area contributed by atoms with Crippen LogP contribution in [0.15, 0.2) is 0 Å². The maximum Gasteiger partial charge on any atom is 0.222 e. The van der Waals surface area contributed by atoms with Gasteiger partial charge in [-0.2, -0.15) is 0 Å². The van der Waals surface area contributed by atoms with Gasteiger partial charge in [0.15, 0.2) is 0 Å². The molecule has 0 fully saturated rings. The van der Waals surface area contributed by atoms with Gasteiger partial charge in [0.1, 0.15) is 0 Å². The average molecular weight is 270 g/mol. The molecule has 2 amide bonds. The van der Waals surface area contributed by atoms with Crippen LogP contribution in [-0.2, 0) is 9.59 Å². The average Bonchev–Trinajstić information content (AvgIpc) is 2.37. The summed E-state index contributed by atoms with van der Waals surface area (Å²) in [5.41, 5.74) is 5.19. The molecule has 0 aromatic heterocycles. The second-order valence-corrected chi connectivity index (χ2v) is 5.49. The molecule has 0 rings (SSSR count). The lowest BCUT2D eigenvalue weighted by atomic mass is 10.0. The van der Waals surface area contributed by atoms with Gasteiger partial charge in [-0.05, 0) is 19.3 Å². The van der Waals surface area contributed by atoms with Crippen LogP contribution < -0.4 is 11.1 Å². The molecule has 2 atom stereocenters. The lowest BCUT2D eigenvalue weighted by molar-refractivity contribution is -0.125. The fourth-order valence-corrected chi connectivity index (χ4v) is 1.94. The summed E-state index contributed by atoms with van der Waals surface area (Å²) in [4.78, 5) is 22.6. The van der Waals surface area contributed by atoms with Crippen molar-refractivity contribution in [2.45, 2.75) is 65.7 Å². The molecule has 2 unspecified atom stereocenters. The van der Waals surface area contributed by atoms with E-state index in [1.54, 1.807) is 0 Å². The molecule has 0 spiro atoms. The number of amides is 2. The first-order valence-electron chi connectivity index (χ1n) is 7.56. The minimum Gasteiger partial charge on any atom is -0.369 e. The maximum absolute atomic E-state index is 11.8. The first-order chi connectivity index (χ1) is 8.99. The minimum absolute atomic E-state index is 0.0660. The Hall–Kier alpha value is -1.06. The molecule has 0 aromatic carbocycles. The van der Waals surface area contributed by atoms with Gasteiger partial charge in [0.2, 0.25) is 11.8 Å². The molecule has 4 heteroatoms.